The lowest BCUT2D eigenvalue weighted by Crippen LogP contribution is -2.46. The van der Waals surface area contributed by atoms with E-state index in [-0.39, 0.29) is 0 Å². The summed E-state index contributed by atoms with van der Waals surface area (Å²) in [5.41, 5.74) is 5.74. The summed E-state index contributed by atoms with van der Waals surface area (Å²) in [5.74, 6) is 3.07. The van der Waals surface area contributed by atoms with Gasteiger partial charge in [-0.2, -0.15) is 0 Å². The minimum atomic E-state index is 0.547. The molecule has 1 aliphatic rings. The fraction of sp³-hybridized carbons (Fsp3) is 0.615. The van der Waals surface area contributed by atoms with E-state index < -0.39 is 0 Å². The van der Waals surface area contributed by atoms with Crippen molar-refractivity contribution in [3.8, 4) is 0 Å². The van der Waals surface area contributed by atoms with Crippen LogP contribution in [0.3, 0.4) is 0 Å². The molecule has 2 rings (SSSR count). The van der Waals surface area contributed by atoms with Crippen molar-refractivity contribution in [2.24, 2.45) is 11.8 Å². The zero-order valence-electron chi connectivity index (χ0n) is 10.4. The average Bonchev–Trinajstić information content (AvgIpc) is 2.23. The third-order valence-corrected chi connectivity index (χ3v) is 3.65. The first-order chi connectivity index (χ1) is 7.58. The molecule has 1 saturated heterocycles. The minimum Gasteiger partial charge on any atom is -0.384 e. The maximum absolute atomic E-state index is 5.74. The third kappa shape index (κ3) is 2.13. The van der Waals surface area contributed by atoms with Gasteiger partial charge in [0, 0.05) is 12.6 Å². The lowest BCUT2D eigenvalue weighted by Gasteiger charge is -2.41. The standard InChI is InChI=1S/C13H21N3/c1-9-7-10(2)11(3)16(8-9)13-6-4-5-12(14)15-13/h4-6,9-11H,7-8H2,1-3H3,(H2,14,15). The number of rotatable bonds is 1. The van der Waals surface area contributed by atoms with E-state index in [4.69, 9.17) is 5.73 Å². The molecule has 0 aliphatic carbocycles. The fourth-order valence-corrected chi connectivity index (χ4v) is 2.62. The molecule has 0 radical (unpaired) electrons. The molecule has 0 saturated carbocycles. The van der Waals surface area contributed by atoms with Gasteiger partial charge >= 0.3 is 0 Å². The van der Waals surface area contributed by atoms with Gasteiger partial charge in [-0.15, -0.1) is 0 Å². The molecule has 2 heterocycles. The van der Waals surface area contributed by atoms with Crippen molar-refractivity contribution in [1.29, 1.82) is 0 Å². The van der Waals surface area contributed by atoms with Gasteiger partial charge in [-0.05, 0) is 37.3 Å². The van der Waals surface area contributed by atoms with E-state index in [0.29, 0.717) is 17.8 Å². The van der Waals surface area contributed by atoms with Crippen LogP contribution < -0.4 is 10.6 Å². The predicted molar refractivity (Wildman–Crippen MR) is 68.4 cm³/mol. The smallest absolute Gasteiger partial charge is 0.131 e. The van der Waals surface area contributed by atoms with Gasteiger partial charge in [0.25, 0.3) is 0 Å². The van der Waals surface area contributed by atoms with Crippen molar-refractivity contribution in [1.82, 2.24) is 4.98 Å². The van der Waals surface area contributed by atoms with E-state index in [0.717, 1.165) is 18.3 Å². The van der Waals surface area contributed by atoms with Gasteiger partial charge in [0.05, 0.1) is 0 Å². The van der Waals surface area contributed by atoms with Crippen LogP contribution in [0.1, 0.15) is 27.2 Å². The van der Waals surface area contributed by atoms with Crippen molar-refractivity contribution in [2.45, 2.75) is 33.2 Å². The molecule has 2 N–H and O–H groups in total. The largest absolute Gasteiger partial charge is 0.384 e. The Morgan fingerprint density at radius 3 is 2.75 bits per heavy atom. The van der Waals surface area contributed by atoms with Crippen molar-refractivity contribution < 1.29 is 0 Å². The quantitative estimate of drug-likeness (QED) is 0.789. The van der Waals surface area contributed by atoms with Crippen LogP contribution in [0.25, 0.3) is 0 Å². The van der Waals surface area contributed by atoms with E-state index in [1.807, 2.05) is 12.1 Å². The summed E-state index contributed by atoms with van der Waals surface area (Å²) < 4.78 is 0. The Morgan fingerprint density at radius 2 is 2.06 bits per heavy atom. The normalized spacial score (nSPS) is 30.4. The van der Waals surface area contributed by atoms with E-state index in [9.17, 15) is 0 Å². The summed E-state index contributed by atoms with van der Waals surface area (Å²) in [7, 11) is 0. The van der Waals surface area contributed by atoms with Crippen LogP contribution in [0.5, 0.6) is 0 Å². The average molecular weight is 219 g/mol. The van der Waals surface area contributed by atoms with E-state index >= 15 is 0 Å². The first-order valence-corrected chi connectivity index (χ1v) is 6.07. The molecular weight excluding hydrogens is 198 g/mol. The van der Waals surface area contributed by atoms with Crippen LogP contribution in [0.4, 0.5) is 11.6 Å². The number of nitrogens with zero attached hydrogens (tertiary/aromatic N) is 2. The Bertz CT molecular complexity index is 364. The number of anilines is 2. The molecule has 1 aromatic rings. The summed E-state index contributed by atoms with van der Waals surface area (Å²) in [6.07, 6.45) is 1.31. The zero-order chi connectivity index (χ0) is 11.7. The number of aromatic nitrogens is 1. The van der Waals surface area contributed by atoms with Crippen LogP contribution in [0.2, 0.25) is 0 Å². The van der Waals surface area contributed by atoms with Crippen molar-refractivity contribution in [3.05, 3.63) is 18.2 Å². The summed E-state index contributed by atoms with van der Waals surface area (Å²) >= 11 is 0. The molecule has 0 spiro atoms. The molecule has 16 heavy (non-hydrogen) atoms. The van der Waals surface area contributed by atoms with Gasteiger partial charge in [0.15, 0.2) is 0 Å². The van der Waals surface area contributed by atoms with Crippen LogP contribution >= 0.6 is 0 Å². The highest BCUT2D eigenvalue weighted by Gasteiger charge is 2.29. The number of hydrogen-bond acceptors (Lipinski definition) is 3. The van der Waals surface area contributed by atoms with Crippen LogP contribution in [-0.2, 0) is 0 Å². The van der Waals surface area contributed by atoms with E-state index in [1.54, 1.807) is 0 Å². The SMILES string of the molecule is CC1CC(C)C(C)N(c2cccc(N)n2)C1. The number of piperidine rings is 1. The van der Waals surface area contributed by atoms with Crippen LogP contribution in [-0.4, -0.2) is 17.6 Å². The summed E-state index contributed by atoms with van der Waals surface area (Å²) in [6.45, 7) is 7.99. The van der Waals surface area contributed by atoms with E-state index in [2.05, 4.69) is 36.7 Å². The number of pyridine rings is 1. The third-order valence-electron chi connectivity index (χ3n) is 3.65. The monoisotopic (exact) mass is 219 g/mol. The van der Waals surface area contributed by atoms with Crippen LogP contribution in [0.15, 0.2) is 18.2 Å². The summed E-state index contributed by atoms with van der Waals surface area (Å²) in [5, 5.41) is 0. The van der Waals surface area contributed by atoms with Gasteiger partial charge < -0.3 is 10.6 Å². The molecule has 3 nitrogen and oxygen atoms in total. The van der Waals surface area contributed by atoms with Gasteiger partial charge in [-0.1, -0.05) is 19.9 Å². The molecule has 3 unspecified atom stereocenters. The Morgan fingerprint density at radius 1 is 1.31 bits per heavy atom. The Hall–Kier alpha value is -1.25. The molecular formula is C13H21N3. The minimum absolute atomic E-state index is 0.547. The fourth-order valence-electron chi connectivity index (χ4n) is 2.62. The van der Waals surface area contributed by atoms with Crippen molar-refractivity contribution in [3.63, 3.8) is 0 Å². The topological polar surface area (TPSA) is 42.1 Å². The molecule has 1 fully saturated rings. The molecule has 1 aromatic heterocycles. The van der Waals surface area contributed by atoms with Crippen LogP contribution in [0, 0.1) is 11.8 Å². The lowest BCUT2D eigenvalue weighted by molar-refractivity contribution is 0.295. The zero-order valence-corrected chi connectivity index (χ0v) is 10.4. The van der Waals surface area contributed by atoms with E-state index in [1.165, 1.54) is 6.42 Å². The maximum Gasteiger partial charge on any atom is 0.131 e. The Balaban J connectivity index is 2.25. The highest BCUT2D eigenvalue weighted by Crippen LogP contribution is 2.30. The molecule has 3 heteroatoms. The molecule has 88 valence electrons. The number of nitrogens with two attached hydrogens (primary N) is 1. The molecule has 0 aromatic carbocycles. The Labute approximate surface area is 97.7 Å². The maximum atomic E-state index is 5.74. The first kappa shape index (κ1) is 11.2. The van der Waals surface area contributed by atoms with Gasteiger partial charge in [-0.25, -0.2) is 4.98 Å². The second kappa shape index (κ2) is 4.32. The number of nitrogen functional groups attached to an aromatic ring is 1. The lowest BCUT2D eigenvalue weighted by atomic mass is 9.86. The van der Waals surface area contributed by atoms with Crippen molar-refractivity contribution >= 4 is 11.6 Å². The molecule has 3 atom stereocenters. The summed E-state index contributed by atoms with van der Waals surface area (Å²) in [4.78, 5) is 6.80. The predicted octanol–water partition coefficient (Wildman–Crippen LogP) is 2.53. The number of hydrogen-bond donors (Lipinski definition) is 1. The molecule has 0 bridgehead atoms. The second-order valence-corrected chi connectivity index (χ2v) is 5.13. The first-order valence-electron chi connectivity index (χ1n) is 6.07. The Kier molecular flexibility index (Phi) is 3.03. The second-order valence-electron chi connectivity index (χ2n) is 5.13. The highest BCUT2D eigenvalue weighted by molar-refractivity contribution is 5.46. The van der Waals surface area contributed by atoms with Gasteiger partial charge in [0.1, 0.15) is 11.6 Å². The van der Waals surface area contributed by atoms with Crippen molar-refractivity contribution in [2.75, 3.05) is 17.2 Å². The summed E-state index contributed by atoms with van der Waals surface area (Å²) in [6, 6.07) is 6.42. The van der Waals surface area contributed by atoms with Gasteiger partial charge in [-0.3, -0.25) is 0 Å². The molecule has 0 amide bonds. The molecule has 1 aliphatic heterocycles. The highest BCUT2D eigenvalue weighted by atomic mass is 15.2. The van der Waals surface area contributed by atoms with Gasteiger partial charge in [0.2, 0.25) is 0 Å².